The highest BCUT2D eigenvalue weighted by atomic mass is 32.2. The van der Waals surface area contributed by atoms with Crippen molar-refractivity contribution in [1.82, 2.24) is 4.98 Å². The van der Waals surface area contributed by atoms with Crippen molar-refractivity contribution in [2.45, 2.75) is 4.90 Å². The number of benzene rings is 1. The van der Waals surface area contributed by atoms with Gasteiger partial charge >= 0.3 is 0 Å². The number of nitrogens with zero attached hydrogens (tertiary/aromatic N) is 2. The van der Waals surface area contributed by atoms with Crippen molar-refractivity contribution >= 4 is 22.0 Å². The van der Waals surface area contributed by atoms with Crippen molar-refractivity contribution in [2.75, 3.05) is 0 Å². The molecule has 0 saturated carbocycles. The van der Waals surface area contributed by atoms with E-state index in [4.69, 9.17) is 4.55 Å². The second-order valence-corrected chi connectivity index (χ2v) is 4.90. The van der Waals surface area contributed by atoms with E-state index in [1.54, 1.807) is 24.5 Å². The molecule has 1 aromatic heterocycles. The Labute approximate surface area is 105 Å². The molecule has 1 aromatic carbocycles. The highest BCUT2D eigenvalue weighted by molar-refractivity contribution is 7.85. The molecule has 5 nitrogen and oxygen atoms in total. The minimum absolute atomic E-state index is 0.153. The molecule has 2 aromatic rings. The van der Waals surface area contributed by atoms with Crippen molar-refractivity contribution in [3.05, 3.63) is 54.4 Å². The van der Waals surface area contributed by atoms with Gasteiger partial charge in [-0.3, -0.25) is 14.5 Å². The summed E-state index contributed by atoms with van der Waals surface area (Å²) in [5.41, 5.74) is 1.28. The number of hydrogen-bond acceptors (Lipinski definition) is 4. The van der Waals surface area contributed by atoms with Gasteiger partial charge in [-0.05, 0) is 36.4 Å². The lowest BCUT2D eigenvalue weighted by Gasteiger charge is -1.97. The molecule has 0 fully saturated rings. The second-order valence-electron chi connectivity index (χ2n) is 3.48. The molecule has 2 rings (SSSR count). The molecule has 0 aliphatic carbocycles. The molecule has 0 radical (unpaired) electrons. The van der Waals surface area contributed by atoms with Crippen LogP contribution in [0.4, 0.5) is 5.69 Å². The molecule has 0 spiro atoms. The maximum absolute atomic E-state index is 10.8. The molecule has 0 bridgehead atoms. The molecule has 0 aliphatic heterocycles. The molecule has 6 heteroatoms. The number of rotatable bonds is 3. The maximum atomic E-state index is 10.8. The van der Waals surface area contributed by atoms with Crippen LogP contribution in [0.1, 0.15) is 5.69 Å². The highest BCUT2D eigenvalue weighted by Crippen LogP contribution is 2.16. The molecule has 1 heterocycles. The molecule has 92 valence electrons. The number of pyridine rings is 1. The van der Waals surface area contributed by atoms with Crippen LogP contribution in [-0.2, 0) is 10.1 Å². The van der Waals surface area contributed by atoms with E-state index >= 15 is 0 Å². The van der Waals surface area contributed by atoms with E-state index in [1.165, 1.54) is 24.3 Å². The van der Waals surface area contributed by atoms with Gasteiger partial charge < -0.3 is 0 Å². The van der Waals surface area contributed by atoms with Crippen LogP contribution in [0.25, 0.3) is 0 Å². The zero-order valence-corrected chi connectivity index (χ0v) is 10.1. The van der Waals surface area contributed by atoms with E-state index in [9.17, 15) is 8.42 Å². The van der Waals surface area contributed by atoms with Crippen LogP contribution >= 0.6 is 0 Å². The van der Waals surface area contributed by atoms with E-state index in [0.717, 1.165) is 0 Å². The molecule has 1 N–H and O–H groups in total. The van der Waals surface area contributed by atoms with Gasteiger partial charge in [-0.25, -0.2) is 0 Å². The Morgan fingerprint density at radius 2 is 1.83 bits per heavy atom. The fourth-order valence-corrected chi connectivity index (χ4v) is 1.78. The fraction of sp³-hybridized carbons (Fsp3) is 0. The number of hydrogen-bond donors (Lipinski definition) is 1. The quantitative estimate of drug-likeness (QED) is 0.678. The summed E-state index contributed by atoms with van der Waals surface area (Å²) in [7, 11) is -4.15. The van der Waals surface area contributed by atoms with Crippen LogP contribution in [0, 0.1) is 0 Å². The first-order valence-corrected chi connectivity index (χ1v) is 6.52. The topological polar surface area (TPSA) is 79.6 Å². The standard InChI is InChI=1S/C12H10N2O3S/c15-18(16,17)12-6-4-10(5-7-12)14-9-11-3-1-2-8-13-11/h1-9H,(H,15,16,17). The SMILES string of the molecule is O=S(=O)(O)c1ccc(N=Cc2ccccn2)cc1. The minimum Gasteiger partial charge on any atom is -0.282 e. The molecule has 0 aliphatic rings. The smallest absolute Gasteiger partial charge is 0.282 e. The Hall–Kier alpha value is -2.05. The van der Waals surface area contributed by atoms with Crippen LogP contribution in [0.2, 0.25) is 0 Å². The Bertz CT molecular complexity index is 649. The third-order valence-corrected chi connectivity index (χ3v) is 3.04. The van der Waals surface area contributed by atoms with Gasteiger partial charge in [-0.15, -0.1) is 0 Å². The molecular formula is C12H10N2O3S. The number of aliphatic imine (C=N–C) groups is 1. The van der Waals surface area contributed by atoms with Crippen LogP contribution < -0.4 is 0 Å². The van der Waals surface area contributed by atoms with Crippen molar-refractivity contribution in [2.24, 2.45) is 4.99 Å². The zero-order chi connectivity index (χ0) is 13.0. The first kappa shape index (κ1) is 12.4. The van der Waals surface area contributed by atoms with E-state index < -0.39 is 10.1 Å². The Morgan fingerprint density at radius 3 is 2.39 bits per heavy atom. The van der Waals surface area contributed by atoms with Gasteiger partial charge in [0.25, 0.3) is 10.1 Å². The van der Waals surface area contributed by atoms with Crippen LogP contribution in [0.3, 0.4) is 0 Å². The first-order chi connectivity index (χ1) is 8.55. The molecule has 18 heavy (non-hydrogen) atoms. The van der Waals surface area contributed by atoms with Gasteiger partial charge in [0.15, 0.2) is 0 Å². The minimum atomic E-state index is -4.15. The van der Waals surface area contributed by atoms with Crippen LogP contribution in [0.15, 0.2) is 58.5 Å². The summed E-state index contributed by atoms with van der Waals surface area (Å²) >= 11 is 0. The molecular weight excluding hydrogens is 252 g/mol. The van der Waals surface area contributed by atoms with E-state index in [0.29, 0.717) is 11.4 Å². The molecule has 0 unspecified atom stereocenters. The molecule has 0 saturated heterocycles. The van der Waals surface area contributed by atoms with Gasteiger partial charge in [0.1, 0.15) is 0 Å². The average Bonchev–Trinajstić information content (AvgIpc) is 2.37. The fourth-order valence-electron chi connectivity index (χ4n) is 1.30. The Kier molecular flexibility index (Phi) is 3.50. The van der Waals surface area contributed by atoms with Gasteiger partial charge in [0.2, 0.25) is 0 Å². The number of aromatic nitrogens is 1. The summed E-state index contributed by atoms with van der Waals surface area (Å²) in [4.78, 5) is 8.05. The van der Waals surface area contributed by atoms with Crippen LogP contribution in [-0.4, -0.2) is 24.2 Å². The summed E-state index contributed by atoms with van der Waals surface area (Å²) in [5, 5.41) is 0. The van der Waals surface area contributed by atoms with E-state index in [-0.39, 0.29) is 4.90 Å². The summed E-state index contributed by atoms with van der Waals surface area (Å²) in [5.74, 6) is 0. The zero-order valence-electron chi connectivity index (χ0n) is 9.26. The van der Waals surface area contributed by atoms with Gasteiger partial charge in [0.05, 0.1) is 22.5 Å². The third-order valence-electron chi connectivity index (χ3n) is 2.17. The predicted molar refractivity (Wildman–Crippen MR) is 67.7 cm³/mol. The monoisotopic (exact) mass is 262 g/mol. The van der Waals surface area contributed by atoms with Gasteiger partial charge in [-0.2, -0.15) is 8.42 Å². The summed E-state index contributed by atoms with van der Waals surface area (Å²) < 4.78 is 30.5. The Morgan fingerprint density at radius 1 is 1.11 bits per heavy atom. The summed E-state index contributed by atoms with van der Waals surface area (Å²) in [6.07, 6.45) is 3.23. The summed E-state index contributed by atoms with van der Waals surface area (Å²) in [6.45, 7) is 0. The second kappa shape index (κ2) is 5.07. The molecule has 0 amide bonds. The molecule has 0 atom stereocenters. The normalized spacial score (nSPS) is 11.8. The van der Waals surface area contributed by atoms with Gasteiger partial charge in [-0.1, -0.05) is 6.07 Å². The van der Waals surface area contributed by atoms with E-state index in [1.807, 2.05) is 6.07 Å². The van der Waals surface area contributed by atoms with Crippen molar-refractivity contribution in [3.8, 4) is 0 Å². The summed E-state index contributed by atoms with van der Waals surface area (Å²) in [6, 6.07) is 11.0. The lowest BCUT2D eigenvalue weighted by molar-refractivity contribution is 0.483. The lowest BCUT2D eigenvalue weighted by Crippen LogP contribution is -1.96. The first-order valence-electron chi connectivity index (χ1n) is 5.08. The van der Waals surface area contributed by atoms with E-state index in [2.05, 4.69) is 9.98 Å². The van der Waals surface area contributed by atoms with Crippen molar-refractivity contribution in [1.29, 1.82) is 0 Å². The lowest BCUT2D eigenvalue weighted by atomic mass is 10.3. The van der Waals surface area contributed by atoms with Crippen LogP contribution in [0.5, 0.6) is 0 Å². The third kappa shape index (κ3) is 3.22. The predicted octanol–water partition coefficient (Wildman–Crippen LogP) is 2.08. The maximum Gasteiger partial charge on any atom is 0.294 e. The average molecular weight is 262 g/mol. The Balaban J connectivity index is 2.19. The van der Waals surface area contributed by atoms with Gasteiger partial charge in [0, 0.05) is 6.20 Å². The van der Waals surface area contributed by atoms with Crippen molar-refractivity contribution < 1.29 is 13.0 Å². The highest BCUT2D eigenvalue weighted by Gasteiger charge is 2.07. The largest absolute Gasteiger partial charge is 0.294 e. The van der Waals surface area contributed by atoms with Crippen molar-refractivity contribution in [3.63, 3.8) is 0 Å².